The maximum atomic E-state index is 14.6. The molecule has 2 aliphatic rings. The van der Waals surface area contributed by atoms with Gasteiger partial charge in [-0.1, -0.05) is 62.9 Å². The average Bonchev–Trinajstić information content (AvgIpc) is 2.72. The largest absolute Gasteiger partial charge is 0.342 e. The van der Waals surface area contributed by atoms with Gasteiger partial charge in [0.25, 0.3) is 0 Å². The Bertz CT molecular complexity index is 823. The van der Waals surface area contributed by atoms with Crippen molar-refractivity contribution in [3.05, 3.63) is 64.5 Å². The predicted octanol–water partition coefficient (Wildman–Crippen LogP) is 8.28. The summed E-state index contributed by atoms with van der Waals surface area (Å²) in [6.45, 7) is 1.57. The molecule has 158 valence electrons. The van der Waals surface area contributed by atoms with Gasteiger partial charge in [-0.05, 0) is 36.8 Å². The highest BCUT2D eigenvalue weighted by Gasteiger charge is 2.62. The summed E-state index contributed by atoms with van der Waals surface area (Å²) in [6.07, 6.45) is 6.77. The third-order valence-corrected chi connectivity index (χ3v) is 5.78. The van der Waals surface area contributed by atoms with Crippen LogP contribution in [0.2, 0.25) is 0 Å². The summed E-state index contributed by atoms with van der Waals surface area (Å²) in [5.74, 6) is -12.5. The summed E-state index contributed by atoms with van der Waals surface area (Å²) < 4.78 is 86.3. The molecule has 1 fully saturated rings. The van der Waals surface area contributed by atoms with Gasteiger partial charge >= 0.3 is 11.8 Å². The van der Waals surface area contributed by atoms with E-state index in [1.165, 1.54) is 18.6 Å². The average molecular weight is 414 g/mol. The van der Waals surface area contributed by atoms with Crippen LogP contribution >= 0.6 is 0 Å². The Morgan fingerprint density at radius 2 is 1.48 bits per heavy atom. The summed E-state index contributed by atoms with van der Waals surface area (Å²) in [5.41, 5.74) is -1.66. The van der Waals surface area contributed by atoms with Crippen LogP contribution in [0.15, 0.2) is 53.4 Å². The molecule has 0 heterocycles. The number of rotatable bonds is 5. The zero-order valence-corrected chi connectivity index (χ0v) is 16.3. The van der Waals surface area contributed by atoms with Crippen LogP contribution in [-0.4, -0.2) is 11.8 Å². The van der Waals surface area contributed by atoms with Crippen LogP contribution in [0.25, 0.3) is 5.83 Å². The first-order chi connectivity index (χ1) is 13.7. The summed E-state index contributed by atoms with van der Waals surface area (Å²) >= 11 is 0. The van der Waals surface area contributed by atoms with Gasteiger partial charge in [-0.25, -0.2) is 8.78 Å². The van der Waals surface area contributed by atoms with Gasteiger partial charge in [0.1, 0.15) is 0 Å². The molecule has 0 unspecified atom stereocenters. The van der Waals surface area contributed by atoms with Crippen LogP contribution in [0.4, 0.5) is 26.3 Å². The molecular weight excluding hydrogens is 390 g/mol. The summed E-state index contributed by atoms with van der Waals surface area (Å²) in [6, 6.07) is 5.94. The van der Waals surface area contributed by atoms with Crippen LogP contribution in [0.1, 0.15) is 68.9 Å². The van der Waals surface area contributed by atoms with Crippen molar-refractivity contribution in [2.24, 2.45) is 0 Å². The number of allylic oxidation sites excluding steroid dienone is 5. The lowest BCUT2D eigenvalue weighted by molar-refractivity contribution is -0.164. The van der Waals surface area contributed by atoms with E-state index in [-0.39, 0.29) is 18.4 Å². The highest BCUT2D eigenvalue weighted by molar-refractivity contribution is 5.67. The lowest BCUT2D eigenvalue weighted by Gasteiger charge is -2.32. The van der Waals surface area contributed by atoms with Crippen LogP contribution in [0.3, 0.4) is 0 Å². The third-order valence-electron chi connectivity index (χ3n) is 5.78. The fourth-order valence-corrected chi connectivity index (χ4v) is 4.07. The van der Waals surface area contributed by atoms with Crippen molar-refractivity contribution in [1.29, 1.82) is 0 Å². The molecule has 29 heavy (non-hydrogen) atoms. The molecule has 2 aliphatic carbocycles. The minimum atomic E-state index is -4.82. The van der Waals surface area contributed by atoms with Crippen molar-refractivity contribution in [2.75, 3.05) is 0 Å². The Balaban J connectivity index is 1.91. The zero-order valence-electron chi connectivity index (χ0n) is 16.3. The maximum Gasteiger partial charge on any atom is 0.342 e. The van der Waals surface area contributed by atoms with Crippen LogP contribution < -0.4 is 0 Å². The zero-order chi connectivity index (χ0) is 21.2. The van der Waals surface area contributed by atoms with Gasteiger partial charge in [0.2, 0.25) is 0 Å². The summed E-state index contributed by atoms with van der Waals surface area (Å²) in [7, 11) is 0. The van der Waals surface area contributed by atoms with Crippen molar-refractivity contribution in [2.45, 2.75) is 69.6 Å². The molecule has 0 N–H and O–H groups in total. The first-order valence-corrected chi connectivity index (χ1v) is 10.0. The van der Waals surface area contributed by atoms with Crippen molar-refractivity contribution in [3.63, 3.8) is 0 Å². The van der Waals surface area contributed by atoms with E-state index in [1.54, 1.807) is 19.1 Å². The standard InChI is InChI=1S/C23H24F6/c1-2-6-18-13-14-19(23(28,29)22(18,26)27)21(25)20(24)17-11-9-16(10-12-17)15-7-4-3-5-8-15/h9-15H,2-8H2,1H3/b21-20+. The molecule has 0 nitrogen and oxygen atoms in total. The van der Waals surface area contributed by atoms with Gasteiger partial charge in [0.15, 0.2) is 11.7 Å². The minimum Gasteiger partial charge on any atom is -0.203 e. The number of halogens is 6. The lowest BCUT2D eigenvalue weighted by Crippen LogP contribution is -2.45. The minimum absolute atomic E-state index is 0.237. The van der Waals surface area contributed by atoms with Crippen molar-refractivity contribution < 1.29 is 26.3 Å². The molecule has 1 saturated carbocycles. The van der Waals surface area contributed by atoms with Crippen LogP contribution in [0, 0.1) is 0 Å². The molecule has 0 bridgehead atoms. The highest BCUT2D eigenvalue weighted by atomic mass is 19.3. The second-order valence-corrected chi connectivity index (χ2v) is 7.76. The molecule has 0 saturated heterocycles. The van der Waals surface area contributed by atoms with E-state index in [4.69, 9.17) is 0 Å². The second kappa shape index (κ2) is 8.41. The third kappa shape index (κ3) is 4.03. The fourth-order valence-electron chi connectivity index (χ4n) is 4.07. The fraction of sp³-hybridized carbons (Fsp3) is 0.478. The molecule has 0 aromatic heterocycles. The number of hydrogen-bond acceptors (Lipinski definition) is 0. The molecule has 0 atom stereocenters. The van der Waals surface area contributed by atoms with Gasteiger partial charge < -0.3 is 0 Å². The van der Waals surface area contributed by atoms with Gasteiger partial charge in [-0.3, -0.25) is 0 Å². The van der Waals surface area contributed by atoms with Gasteiger partial charge in [-0.2, -0.15) is 17.6 Å². The normalized spacial score (nSPS) is 22.6. The Labute approximate surface area is 167 Å². The van der Waals surface area contributed by atoms with Gasteiger partial charge in [-0.15, -0.1) is 0 Å². The summed E-state index contributed by atoms with van der Waals surface area (Å²) in [5, 5.41) is 0. The van der Waals surface area contributed by atoms with E-state index < -0.39 is 34.6 Å². The number of benzene rings is 1. The molecule has 1 aromatic rings. The Morgan fingerprint density at radius 3 is 2.07 bits per heavy atom. The van der Waals surface area contributed by atoms with E-state index in [1.807, 2.05) is 0 Å². The number of hydrogen-bond donors (Lipinski definition) is 0. The number of alkyl halides is 4. The topological polar surface area (TPSA) is 0 Å². The lowest BCUT2D eigenvalue weighted by atomic mass is 9.84. The van der Waals surface area contributed by atoms with Crippen LogP contribution in [0.5, 0.6) is 0 Å². The SMILES string of the molecule is CCCC1=CC=C(/C(F)=C(\F)c2ccc(C3CCCCC3)cc2)C(F)(F)C1(F)F. The molecule has 1 aromatic carbocycles. The van der Waals surface area contributed by atoms with Crippen molar-refractivity contribution in [3.8, 4) is 0 Å². The van der Waals surface area contributed by atoms with Crippen molar-refractivity contribution >= 4 is 5.83 Å². The van der Waals surface area contributed by atoms with E-state index in [2.05, 4.69) is 0 Å². The monoisotopic (exact) mass is 414 g/mol. The highest BCUT2D eigenvalue weighted by Crippen LogP contribution is 2.51. The van der Waals surface area contributed by atoms with Crippen molar-refractivity contribution in [1.82, 2.24) is 0 Å². The smallest absolute Gasteiger partial charge is 0.203 e. The van der Waals surface area contributed by atoms with E-state index in [0.29, 0.717) is 12.0 Å². The maximum absolute atomic E-state index is 14.6. The van der Waals surface area contributed by atoms with E-state index in [0.717, 1.165) is 37.3 Å². The molecule has 6 heteroatoms. The van der Waals surface area contributed by atoms with E-state index in [9.17, 15) is 26.3 Å². The first kappa shape index (κ1) is 21.7. The summed E-state index contributed by atoms with van der Waals surface area (Å²) in [4.78, 5) is 0. The predicted molar refractivity (Wildman–Crippen MR) is 102 cm³/mol. The Kier molecular flexibility index (Phi) is 6.30. The molecule has 0 radical (unpaired) electrons. The molecule has 3 rings (SSSR count). The molecule has 0 spiro atoms. The van der Waals surface area contributed by atoms with E-state index >= 15 is 0 Å². The molecular formula is C23H24F6. The second-order valence-electron chi connectivity index (χ2n) is 7.76. The quantitative estimate of drug-likeness (QED) is 0.425. The van der Waals surface area contributed by atoms with Gasteiger partial charge in [0, 0.05) is 11.1 Å². The van der Waals surface area contributed by atoms with Gasteiger partial charge in [0.05, 0.1) is 5.57 Å². The Morgan fingerprint density at radius 1 is 0.862 bits per heavy atom. The molecule has 0 aliphatic heterocycles. The first-order valence-electron chi connectivity index (χ1n) is 10.0. The molecule has 0 amide bonds. The Hall–Kier alpha value is -1.98. The van der Waals surface area contributed by atoms with Crippen LogP contribution in [-0.2, 0) is 0 Å².